The zero-order valence-electron chi connectivity index (χ0n) is 47.4. The molecule has 9 rings (SSSR count). The quantitative estimate of drug-likeness (QED) is 0.192. The number of hydrogen-bond donors (Lipinski definition) is 0. The molecule has 8 aromatic carbocycles. The molecule has 1 aromatic heterocycles. The molecule has 43 heavy (non-hydrogen) atoms. The molecular formula is C42H26O. The Morgan fingerprint density at radius 2 is 0.791 bits per heavy atom. The van der Waals surface area contributed by atoms with Crippen molar-refractivity contribution in [3.63, 3.8) is 0 Å². The lowest BCUT2D eigenvalue weighted by atomic mass is 9.83. The zero-order chi connectivity index (χ0) is 51.0. The predicted molar refractivity (Wildman–Crippen MR) is 183 cm³/mol. The number of para-hydroxylation sites is 2. The Morgan fingerprint density at radius 1 is 0.326 bits per heavy atom. The minimum Gasteiger partial charge on any atom is -0.455 e. The van der Waals surface area contributed by atoms with Crippen LogP contribution in [0.5, 0.6) is 0 Å². The molecular weight excluding hydrogens is 520 g/mol. The number of furan rings is 1. The summed E-state index contributed by atoms with van der Waals surface area (Å²) in [5.74, 6) is 0. The van der Waals surface area contributed by atoms with Crippen molar-refractivity contribution in [1.82, 2.24) is 0 Å². The molecule has 0 aliphatic heterocycles. The van der Waals surface area contributed by atoms with Crippen molar-refractivity contribution in [2.45, 2.75) is 0 Å². The molecule has 0 unspecified atom stereocenters. The highest BCUT2D eigenvalue weighted by atomic mass is 16.3. The first-order valence-electron chi connectivity index (χ1n) is 25.7. The van der Waals surface area contributed by atoms with Gasteiger partial charge in [0.2, 0.25) is 0 Å². The maximum atomic E-state index is 9.69. The molecule has 9 aromatic rings. The van der Waals surface area contributed by atoms with Gasteiger partial charge in [-0.25, -0.2) is 0 Å². The van der Waals surface area contributed by atoms with Crippen LogP contribution in [0.15, 0.2) is 162 Å². The summed E-state index contributed by atoms with van der Waals surface area (Å²) in [6.45, 7) is 0. The summed E-state index contributed by atoms with van der Waals surface area (Å²) >= 11 is 0. The van der Waals surface area contributed by atoms with E-state index < -0.39 is 245 Å². The van der Waals surface area contributed by atoms with Crippen LogP contribution < -0.4 is 0 Å². The fraction of sp³-hybridized carbons (Fsp3) is 0. The van der Waals surface area contributed by atoms with Crippen LogP contribution in [0.25, 0.3) is 87.6 Å². The summed E-state index contributed by atoms with van der Waals surface area (Å²) in [7, 11) is 0. The Balaban J connectivity index is 1.67. The first kappa shape index (κ1) is 9.69. The van der Waals surface area contributed by atoms with Crippen LogP contribution in [-0.4, -0.2) is 0 Å². The van der Waals surface area contributed by atoms with E-state index in [2.05, 4.69) is 0 Å². The van der Waals surface area contributed by atoms with E-state index in [4.69, 9.17) is 27.7 Å². The molecule has 0 saturated carbocycles. The van der Waals surface area contributed by atoms with Gasteiger partial charge in [0.15, 0.2) is 0 Å². The summed E-state index contributed by atoms with van der Waals surface area (Å²) in [5.41, 5.74) is -5.55. The summed E-state index contributed by atoms with van der Waals surface area (Å²) in [4.78, 5) is 0. The van der Waals surface area contributed by atoms with Crippen molar-refractivity contribution in [3.05, 3.63) is 157 Å². The van der Waals surface area contributed by atoms with Gasteiger partial charge in [0.1, 0.15) is 11.2 Å². The minimum atomic E-state index is -1.07. The fourth-order valence-corrected chi connectivity index (χ4v) is 5.32. The summed E-state index contributed by atoms with van der Waals surface area (Å²) in [6.07, 6.45) is 0. The van der Waals surface area contributed by atoms with E-state index in [0.29, 0.717) is 0 Å². The van der Waals surface area contributed by atoms with E-state index in [0.717, 1.165) is 0 Å². The van der Waals surface area contributed by atoms with E-state index in [-0.39, 0.29) is 0 Å². The van der Waals surface area contributed by atoms with Gasteiger partial charge < -0.3 is 4.42 Å². The Labute approximate surface area is 285 Å². The molecule has 0 fully saturated rings. The van der Waals surface area contributed by atoms with Crippen LogP contribution in [0.2, 0.25) is 0 Å². The Morgan fingerprint density at radius 3 is 1.44 bits per heavy atom. The highest BCUT2D eigenvalue weighted by Crippen LogP contribution is 2.48. The van der Waals surface area contributed by atoms with E-state index in [1.165, 1.54) is 0 Å². The normalized spacial score (nSPS) is 20.2. The van der Waals surface area contributed by atoms with Gasteiger partial charge in [-0.2, -0.15) is 0 Å². The van der Waals surface area contributed by atoms with Gasteiger partial charge in [-0.15, -0.1) is 0 Å². The van der Waals surface area contributed by atoms with E-state index >= 15 is 0 Å². The van der Waals surface area contributed by atoms with Gasteiger partial charge in [0, 0.05) is 21.9 Å². The average Bonchev–Trinajstić information content (AvgIpc) is 3.73. The highest BCUT2D eigenvalue weighted by molar-refractivity contribution is 6.26. The Kier molecular flexibility index (Phi) is 2.13. The summed E-state index contributed by atoms with van der Waals surface area (Å²) in [6, 6.07) is -24.1. The molecule has 0 aliphatic carbocycles. The molecule has 200 valence electrons. The van der Waals surface area contributed by atoms with Crippen molar-refractivity contribution in [2.24, 2.45) is 0 Å². The predicted octanol–water partition coefficient (Wildman–Crippen LogP) is 12.0. The van der Waals surface area contributed by atoms with Crippen molar-refractivity contribution in [3.8, 4) is 33.4 Å². The highest BCUT2D eigenvalue weighted by Gasteiger charge is 2.21. The third-order valence-electron chi connectivity index (χ3n) is 7.06. The second-order valence-corrected chi connectivity index (χ2v) is 9.26. The topological polar surface area (TPSA) is 13.1 Å². The molecule has 0 aliphatic rings. The lowest BCUT2D eigenvalue weighted by molar-refractivity contribution is 0.670. The Bertz CT molecular complexity index is 3860. The van der Waals surface area contributed by atoms with Crippen LogP contribution in [0.1, 0.15) is 35.6 Å². The third kappa shape index (κ3) is 3.58. The van der Waals surface area contributed by atoms with Crippen molar-refractivity contribution in [1.29, 1.82) is 0 Å². The zero-order valence-corrected chi connectivity index (χ0v) is 21.4. The first-order valence-corrected chi connectivity index (χ1v) is 12.7. The largest absolute Gasteiger partial charge is 0.455 e. The molecule has 0 saturated heterocycles. The molecule has 0 spiro atoms. The van der Waals surface area contributed by atoms with E-state index in [1.54, 1.807) is 0 Å². The third-order valence-corrected chi connectivity index (χ3v) is 7.06. The van der Waals surface area contributed by atoms with Gasteiger partial charge in [-0.05, 0) is 60.6 Å². The Hall–Kier alpha value is -5.66. The van der Waals surface area contributed by atoms with E-state index in [1.807, 2.05) is 0 Å². The standard InChI is InChI=1S/C42H26O/c1-2-13-27(14-3-1)28-25-26-36(30-16-5-4-15-29(28)30)40-32-18-6-8-20-34(32)41(35-21-9-7-19-33(35)40)38-23-12-22-37-31-17-10-11-24-39(31)43-42(37)38/h1-26H/i1D,2D,3D,4D,5D,6D,7D,8D,9D,10D,11D,12D,13D,14D,15D,16D,17D,18D,19D,20D,21D,22D,23D,24D,25D,26D. The maximum Gasteiger partial charge on any atom is 0.143 e. The second kappa shape index (κ2) is 9.44. The van der Waals surface area contributed by atoms with Gasteiger partial charge in [0.05, 0.1) is 35.6 Å². The molecule has 0 N–H and O–H groups in total. The van der Waals surface area contributed by atoms with Gasteiger partial charge in [0.25, 0.3) is 0 Å². The maximum absolute atomic E-state index is 9.69. The number of hydrogen-bond acceptors (Lipinski definition) is 1. The molecule has 0 amide bonds. The number of benzene rings is 8. The summed E-state index contributed by atoms with van der Waals surface area (Å²) in [5, 5.41) is -5.26. The van der Waals surface area contributed by atoms with Gasteiger partial charge in [-0.3, -0.25) is 0 Å². The van der Waals surface area contributed by atoms with E-state index in [9.17, 15) is 12.3 Å². The second-order valence-electron chi connectivity index (χ2n) is 9.26. The van der Waals surface area contributed by atoms with Crippen LogP contribution >= 0.6 is 0 Å². The molecule has 0 radical (unpaired) electrons. The van der Waals surface area contributed by atoms with Gasteiger partial charge in [-0.1, -0.05) is 151 Å². The minimum absolute atomic E-state index is 0.425. The molecule has 1 nitrogen and oxygen atoms in total. The lowest BCUT2D eigenvalue weighted by Crippen LogP contribution is -1.92. The monoisotopic (exact) mass is 572 g/mol. The number of fused-ring (bicyclic) bond motifs is 6. The lowest BCUT2D eigenvalue weighted by Gasteiger charge is -2.19. The summed E-state index contributed by atoms with van der Waals surface area (Å²) < 4.78 is 238. The molecule has 0 bridgehead atoms. The van der Waals surface area contributed by atoms with Gasteiger partial charge >= 0.3 is 0 Å². The fourth-order valence-electron chi connectivity index (χ4n) is 5.32. The average molecular weight is 573 g/mol. The molecule has 0 atom stereocenters. The SMILES string of the molecule is [2H]c1c([2H])c([2H])c(-c2c([2H])c([2H])c(-c3c4c([2H])c([2H])c([2H])c([2H])c4c(-c4c([2H])c([2H])c([2H])c5c4oc4c([2H])c([2H])c([2H])c([2H])c45)c4c([2H])c([2H])c([2H])c([2H])c34)c3c([2H])c([2H])c([2H])c([2H])c23)c([2H])c1[2H]. The number of rotatable bonds is 3. The van der Waals surface area contributed by atoms with Crippen molar-refractivity contribution < 1.29 is 40.1 Å². The smallest absolute Gasteiger partial charge is 0.143 e. The van der Waals surface area contributed by atoms with Crippen LogP contribution in [0, 0.1) is 0 Å². The van der Waals surface area contributed by atoms with Crippen LogP contribution in [0.3, 0.4) is 0 Å². The molecule has 1 heterocycles. The van der Waals surface area contributed by atoms with Crippen molar-refractivity contribution >= 4 is 54.3 Å². The van der Waals surface area contributed by atoms with Crippen LogP contribution in [-0.2, 0) is 0 Å². The van der Waals surface area contributed by atoms with Crippen LogP contribution in [0.4, 0.5) is 0 Å². The van der Waals surface area contributed by atoms with Crippen molar-refractivity contribution in [2.75, 3.05) is 0 Å². The molecule has 1 heteroatoms. The first-order chi connectivity index (χ1) is 32.2.